The standard InChI is InChI=1S/C19H28ClN5OS.HI/c1-19(2,3)15-11-22-17(26-15)12-23-18(21-4)25-9-7-24(8-10-25)13-14-5-6-16(20)27-14;/h5-6,11H,7-10,12-13H2,1-4H3,(H,21,23);1H. The molecule has 2 aromatic heterocycles. The van der Waals surface area contributed by atoms with Crippen molar-refractivity contribution in [3.05, 3.63) is 39.2 Å². The molecule has 0 unspecified atom stereocenters. The van der Waals surface area contributed by atoms with E-state index in [1.165, 1.54) is 4.88 Å². The number of halogens is 2. The SMILES string of the molecule is CN=C(NCc1ncc(C(C)(C)C)o1)N1CCN(Cc2ccc(Cl)s2)CC1.I. The maximum atomic E-state index is 6.03. The summed E-state index contributed by atoms with van der Waals surface area (Å²) in [5, 5.41) is 3.37. The average Bonchev–Trinajstić information content (AvgIpc) is 3.26. The molecule has 0 amide bonds. The maximum Gasteiger partial charge on any atom is 0.213 e. The number of guanidine groups is 1. The third kappa shape index (κ3) is 6.33. The number of nitrogens with one attached hydrogen (secondary N) is 1. The first-order valence-electron chi connectivity index (χ1n) is 9.22. The van der Waals surface area contributed by atoms with Crippen LogP contribution in [0.3, 0.4) is 0 Å². The molecule has 0 spiro atoms. The summed E-state index contributed by atoms with van der Waals surface area (Å²) in [6, 6.07) is 4.08. The lowest BCUT2D eigenvalue weighted by Gasteiger charge is -2.36. The number of oxazole rings is 1. The van der Waals surface area contributed by atoms with E-state index >= 15 is 0 Å². The second kappa shape index (κ2) is 10.3. The number of piperazine rings is 1. The fourth-order valence-corrected chi connectivity index (χ4v) is 4.13. The van der Waals surface area contributed by atoms with Crippen LogP contribution in [-0.4, -0.2) is 54.0 Å². The summed E-state index contributed by atoms with van der Waals surface area (Å²) in [5.74, 6) is 2.48. The van der Waals surface area contributed by atoms with Crippen molar-refractivity contribution in [2.45, 2.75) is 39.3 Å². The minimum atomic E-state index is -0.0317. The van der Waals surface area contributed by atoms with Crippen LogP contribution >= 0.6 is 46.9 Å². The van der Waals surface area contributed by atoms with Gasteiger partial charge in [-0.1, -0.05) is 32.4 Å². The van der Waals surface area contributed by atoms with Gasteiger partial charge >= 0.3 is 0 Å². The zero-order valence-electron chi connectivity index (χ0n) is 16.9. The lowest BCUT2D eigenvalue weighted by atomic mass is 9.94. The van der Waals surface area contributed by atoms with Crippen molar-refractivity contribution >= 4 is 52.9 Å². The van der Waals surface area contributed by atoms with Gasteiger partial charge in [-0.05, 0) is 12.1 Å². The summed E-state index contributed by atoms with van der Waals surface area (Å²) in [6.45, 7) is 11.7. The number of thiophene rings is 1. The lowest BCUT2D eigenvalue weighted by Crippen LogP contribution is -2.52. The van der Waals surface area contributed by atoms with E-state index in [2.05, 4.69) is 51.9 Å². The highest BCUT2D eigenvalue weighted by molar-refractivity contribution is 14.0. The molecule has 0 aromatic carbocycles. The zero-order valence-corrected chi connectivity index (χ0v) is 20.8. The molecule has 1 N–H and O–H groups in total. The molecule has 1 aliphatic heterocycles. The third-order valence-corrected chi connectivity index (χ3v) is 5.80. The van der Waals surface area contributed by atoms with E-state index in [-0.39, 0.29) is 29.4 Å². The highest BCUT2D eigenvalue weighted by atomic mass is 127. The number of aromatic nitrogens is 1. The van der Waals surface area contributed by atoms with Crippen LogP contribution in [0, 0.1) is 0 Å². The molecule has 156 valence electrons. The van der Waals surface area contributed by atoms with Gasteiger partial charge in [-0.3, -0.25) is 9.89 Å². The zero-order chi connectivity index (χ0) is 19.4. The summed E-state index contributed by atoms with van der Waals surface area (Å²) in [6.07, 6.45) is 1.81. The predicted molar refractivity (Wildman–Crippen MR) is 127 cm³/mol. The number of aliphatic imine (C=N–C) groups is 1. The highest BCUT2D eigenvalue weighted by Gasteiger charge is 2.22. The van der Waals surface area contributed by atoms with Crippen LogP contribution in [0.4, 0.5) is 0 Å². The van der Waals surface area contributed by atoms with E-state index in [0.29, 0.717) is 12.4 Å². The van der Waals surface area contributed by atoms with Gasteiger partial charge in [-0.15, -0.1) is 35.3 Å². The van der Waals surface area contributed by atoms with Crippen molar-refractivity contribution < 1.29 is 4.42 Å². The Morgan fingerprint density at radius 1 is 1.29 bits per heavy atom. The summed E-state index contributed by atoms with van der Waals surface area (Å²) < 4.78 is 6.71. The monoisotopic (exact) mass is 537 g/mol. The topological polar surface area (TPSA) is 56.9 Å². The molecule has 0 saturated carbocycles. The molecule has 9 heteroatoms. The van der Waals surface area contributed by atoms with Crippen LogP contribution in [0.15, 0.2) is 27.7 Å². The average molecular weight is 538 g/mol. The van der Waals surface area contributed by atoms with E-state index in [1.54, 1.807) is 11.3 Å². The first-order chi connectivity index (χ1) is 12.8. The summed E-state index contributed by atoms with van der Waals surface area (Å²) in [7, 11) is 1.82. The second-order valence-corrected chi connectivity index (χ2v) is 9.54. The number of rotatable bonds is 4. The van der Waals surface area contributed by atoms with Crippen molar-refractivity contribution in [2.24, 2.45) is 4.99 Å². The number of nitrogens with zero attached hydrogens (tertiary/aromatic N) is 4. The fraction of sp³-hybridized carbons (Fsp3) is 0.579. The normalized spacial score (nSPS) is 16.2. The molecular weight excluding hydrogens is 509 g/mol. The quantitative estimate of drug-likeness (QED) is 0.360. The molecule has 0 aliphatic carbocycles. The molecule has 0 bridgehead atoms. The minimum absolute atomic E-state index is 0. The van der Waals surface area contributed by atoms with Gasteiger partial charge in [0, 0.05) is 50.1 Å². The van der Waals surface area contributed by atoms with Gasteiger partial charge in [0.15, 0.2) is 5.96 Å². The predicted octanol–water partition coefficient (Wildman–Crippen LogP) is 4.20. The Morgan fingerprint density at radius 2 is 2.00 bits per heavy atom. The van der Waals surface area contributed by atoms with E-state index < -0.39 is 0 Å². The molecule has 1 fully saturated rings. The van der Waals surface area contributed by atoms with Crippen molar-refractivity contribution in [2.75, 3.05) is 33.2 Å². The summed E-state index contributed by atoms with van der Waals surface area (Å²) in [4.78, 5) is 14.8. The van der Waals surface area contributed by atoms with Crippen LogP contribution in [0.2, 0.25) is 4.34 Å². The van der Waals surface area contributed by atoms with Crippen molar-refractivity contribution in [1.29, 1.82) is 0 Å². The minimum Gasteiger partial charge on any atom is -0.443 e. The Labute approximate surface area is 193 Å². The van der Waals surface area contributed by atoms with Crippen molar-refractivity contribution in [1.82, 2.24) is 20.1 Å². The van der Waals surface area contributed by atoms with Gasteiger partial charge in [0.25, 0.3) is 0 Å². The number of hydrogen-bond donors (Lipinski definition) is 1. The summed E-state index contributed by atoms with van der Waals surface area (Å²) >= 11 is 7.69. The Morgan fingerprint density at radius 3 is 2.54 bits per heavy atom. The van der Waals surface area contributed by atoms with Gasteiger partial charge in [0.2, 0.25) is 5.89 Å². The second-order valence-electron chi connectivity index (χ2n) is 7.74. The van der Waals surface area contributed by atoms with E-state index in [4.69, 9.17) is 16.0 Å². The van der Waals surface area contributed by atoms with Crippen LogP contribution in [0.1, 0.15) is 37.3 Å². The molecular formula is C19H29ClIN5OS. The number of hydrogen-bond acceptors (Lipinski definition) is 5. The van der Waals surface area contributed by atoms with Gasteiger partial charge in [0.1, 0.15) is 5.76 Å². The maximum absolute atomic E-state index is 6.03. The van der Waals surface area contributed by atoms with Crippen LogP contribution < -0.4 is 5.32 Å². The Hall–Kier alpha value is -0.840. The molecule has 2 aromatic rings. The molecule has 6 nitrogen and oxygen atoms in total. The van der Waals surface area contributed by atoms with Crippen LogP contribution in [0.25, 0.3) is 0 Å². The molecule has 3 rings (SSSR count). The summed E-state index contributed by atoms with van der Waals surface area (Å²) in [5.41, 5.74) is -0.0317. The fourth-order valence-electron chi connectivity index (χ4n) is 3.00. The molecule has 0 atom stereocenters. The van der Waals surface area contributed by atoms with E-state index in [0.717, 1.165) is 48.8 Å². The van der Waals surface area contributed by atoms with E-state index in [1.807, 2.05) is 19.3 Å². The first-order valence-corrected chi connectivity index (χ1v) is 10.4. The smallest absolute Gasteiger partial charge is 0.213 e. The van der Waals surface area contributed by atoms with Crippen LogP contribution in [-0.2, 0) is 18.5 Å². The Balaban J connectivity index is 0.00000280. The van der Waals surface area contributed by atoms with Crippen LogP contribution in [0.5, 0.6) is 0 Å². The van der Waals surface area contributed by atoms with Gasteiger partial charge < -0.3 is 14.6 Å². The molecule has 1 saturated heterocycles. The molecule has 3 heterocycles. The Kier molecular flexibility index (Phi) is 8.60. The highest BCUT2D eigenvalue weighted by Crippen LogP contribution is 2.23. The lowest BCUT2D eigenvalue weighted by molar-refractivity contribution is 0.173. The molecule has 1 aliphatic rings. The third-order valence-electron chi connectivity index (χ3n) is 4.58. The molecule has 0 radical (unpaired) electrons. The Bertz CT molecular complexity index is 777. The van der Waals surface area contributed by atoms with Gasteiger partial charge in [0.05, 0.1) is 17.1 Å². The van der Waals surface area contributed by atoms with Gasteiger partial charge in [-0.2, -0.15) is 0 Å². The van der Waals surface area contributed by atoms with Gasteiger partial charge in [-0.25, -0.2) is 4.98 Å². The largest absolute Gasteiger partial charge is 0.443 e. The van der Waals surface area contributed by atoms with Crippen molar-refractivity contribution in [3.8, 4) is 0 Å². The molecule has 28 heavy (non-hydrogen) atoms. The van der Waals surface area contributed by atoms with Crippen molar-refractivity contribution in [3.63, 3.8) is 0 Å². The van der Waals surface area contributed by atoms with E-state index in [9.17, 15) is 0 Å². The first kappa shape index (κ1) is 23.4.